The van der Waals surface area contributed by atoms with E-state index in [1.54, 1.807) is 24.3 Å². The van der Waals surface area contributed by atoms with Crippen LogP contribution in [0.15, 0.2) is 29.2 Å². The summed E-state index contributed by atoms with van der Waals surface area (Å²) in [4.78, 5) is 2.50. The molecule has 0 unspecified atom stereocenters. The molecule has 1 heterocycles. The maximum absolute atomic E-state index is 12.5. The van der Waals surface area contributed by atoms with Crippen LogP contribution in [0, 0.1) is 0 Å². The predicted molar refractivity (Wildman–Crippen MR) is 73.2 cm³/mol. The lowest BCUT2D eigenvalue weighted by Gasteiger charge is -2.33. The molecule has 5 nitrogen and oxygen atoms in total. The Balaban J connectivity index is 2.18. The highest BCUT2D eigenvalue weighted by Crippen LogP contribution is 2.18. The van der Waals surface area contributed by atoms with E-state index in [0.29, 0.717) is 18.7 Å². The van der Waals surface area contributed by atoms with E-state index in [2.05, 4.69) is 11.8 Å². The zero-order chi connectivity index (χ0) is 13.9. The van der Waals surface area contributed by atoms with Gasteiger partial charge in [-0.05, 0) is 24.2 Å². The zero-order valence-corrected chi connectivity index (χ0v) is 11.9. The van der Waals surface area contributed by atoms with Crippen molar-refractivity contribution < 1.29 is 13.5 Å². The summed E-state index contributed by atoms with van der Waals surface area (Å²) in [6.45, 7) is 5.49. The fourth-order valence-corrected chi connectivity index (χ4v) is 3.73. The normalized spacial score (nSPS) is 18.6. The SMILES string of the molecule is CCN1CCN(S(=O)(=O)c2cccc(CO)c2)CC1. The van der Waals surface area contributed by atoms with Crippen molar-refractivity contribution >= 4 is 10.0 Å². The molecule has 106 valence electrons. The Morgan fingerprint density at radius 2 is 1.89 bits per heavy atom. The van der Waals surface area contributed by atoms with Crippen LogP contribution in [0.25, 0.3) is 0 Å². The van der Waals surface area contributed by atoms with Crippen molar-refractivity contribution in [3.05, 3.63) is 29.8 Å². The Labute approximate surface area is 114 Å². The van der Waals surface area contributed by atoms with E-state index in [1.165, 1.54) is 4.31 Å². The molecule has 1 aliphatic heterocycles. The third-order valence-corrected chi connectivity index (χ3v) is 5.39. The minimum atomic E-state index is -3.43. The van der Waals surface area contributed by atoms with E-state index in [9.17, 15) is 8.42 Å². The van der Waals surface area contributed by atoms with E-state index in [0.717, 1.165) is 19.6 Å². The number of piperazine rings is 1. The van der Waals surface area contributed by atoms with Crippen LogP contribution >= 0.6 is 0 Å². The van der Waals surface area contributed by atoms with Gasteiger partial charge in [-0.15, -0.1) is 0 Å². The summed E-state index contributed by atoms with van der Waals surface area (Å²) in [5, 5.41) is 9.09. The Kier molecular flexibility index (Phi) is 4.57. The van der Waals surface area contributed by atoms with Crippen LogP contribution in [0.1, 0.15) is 12.5 Å². The number of likely N-dealkylation sites (N-methyl/N-ethyl adjacent to an activating group) is 1. The minimum Gasteiger partial charge on any atom is -0.392 e. The molecule has 0 bridgehead atoms. The van der Waals surface area contributed by atoms with Crippen LogP contribution in [-0.2, 0) is 16.6 Å². The molecule has 0 aliphatic carbocycles. The van der Waals surface area contributed by atoms with Crippen molar-refractivity contribution in [2.24, 2.45) is 0 Å². The number of nitrogens with zero attached hydrogens (tertiary/aromatic N) is 2. The van der Waals surface area contributed by atoms with Crippen molar-refractivity contribution in [1.82, 2.24) is 9.21 Å². The summed E-state index contributed by atoms with van der Waals surface area (Å²) < 4.78 is 26.5. The van der Waals surface area contributed by atoms with Crippen molar-refractivity contribution in [2.45, 2.75) is 18.4 Å². The molecule has 6 heteroatoms. The van der Waals surface area contributed by atoms with E-state index in [-0.39, 0.29) is 11.5 Å². The first kappa shape index (κ1) is 14.5. The summed E-state index contributed by atoms with van der Waals surface area (Å²) in [5.74, 6) is 0. The predicted octanol–water partition coefficient (Wildman–Crippen LogP) is 0.505. The van der Waals surface area contributed by atoms with Crippen LogP contribution < -0.4 is 0 Å². The Bertz CT molecular complexity index is 522. The van der Waals surface area contributed by atoms with Crippen LogP contribution in [0.2, 0.25) is 0 Å². The number of sulfonamides is 1. The Hall–Kier alpha value is -0.950. The second-order valence-corrected chi connectivity index (χ2v) is 6.58. The van der Waals surface area contributed by atoms with Gasteiger partial charge in [0.2, 0.25) is 10.0 Å². The summed E-state index contributed by atoms with van der Waals surface area (Å²) in [5.41, 5.74) is 0.619. The smallest absolute Gasteiger partial charge is 0.243 e. The van der Waals surface area contributed by atoms with Gasteiger partial charge in [-0.2, -0.15) is 4.31 Å². The maximum Gasteiger partial charge on any atom is 0.243 e. The number of aliphatic hydroxyl groups is 1. The molecule has 0 atom stereocenters. The van der Waals surface area contributed by atoms with E-state index in [1.807, 2.05) is 0 Å². The first-order valence-electron chi connectivity index (χ1n) is 6.50. The largest absolute Gasteiger partial charge is 0.392 e. The van der Waals surface area contributed by atoms with Crippen LogP contribution in [0.3, 0.4) is 0 Å². The summed E-state index contributed by atoms with van der Waals surface area (Å²) >= 11 is 0. The van der Waals surface area contributed by atoms with Gasteiger partial charge in [0.15, 0.2) is 0 Å². The van der Waals surface area contributed by atoms with Crippen LogP contribution in [-0.4, -0.2) is 55.5 Å². The van der Waals surface area contributed by atoms with Gasteiger partial charge in [0.1, 0.15) is 0 Å². The molecular formula is C13H20N2O3S. The van der Waals surface area contributed by atoms with E-state index >= 15 is 0 Å². The van der Waals surface area contributed by atoms with Crippen molar-refractivity contribution in [2.75, 3.05) is 32.7 Å². The molecule has 1 N–H and O–H groups in total. The van der Waals surface area contributed by atoms with Gasteiger partial charge >= 0.3 is 0 Å². The summed E-state index contributed by atoms with van der Waals surface area (Å²) in [7, 11) is -3.43. The van der Waals surface area contributed by atoms with Gasteiger partial charge in [0, 0.05) is 26.2 Å². The molecule has 19 heavy (non-hydrogen) atoms. The van der Waals surface area contributed by atoms with Gasteiger partial charge in [0.25, 0.3) is 0 Å². The third kappa shape index (κ3) is 3.14. The average Bonchev–Trinajstić information content (AvgIpc) is 2.47. The zero-order valence-electron chi connectivity index (χ0n) is 11.1. The van der Waals surface area contributed by atoms with Gasteiger partial charge in [0.05, 0.1) is 11.5 Å². The molecule has 1 fully saturated rings. The molecule has 0 spiro atoms. The monoisotopic (exact) mass is 284 g/mol. The van der Waals surface area contributed by atoms with Crippen molar-refractivity contribution in [3.63, 3.8) is 0 Å². The Morgan fingerprint density at radius 1 is 1.21 bits per heavy atom. The lowest BCUT2D eigenvalue weighted by molar-refractivity contribution is 0.196. The van der Waals surface area contributed by atoms with Gasteiger partial charge < -0.3 is 10.0 Å². The quantitative estimate of drug-likeness (QED) is 0.875. The molecule has 2 rings (SSSR count). The topological polar surface area (TPSA) is 60.9 Å². The first-order chi connectivity index (χ1) is 9.07. The molecule has 0 saturated carbocycles. The second kappa shape index (κ2) is 6.00. The lowest BCUT2D eigenvalue weighted by Crippen LogP contribution is -2.48. The van der Waals surface area contributed by atoms with Crippen molar-refractivity contribution in [1.29, 1.82) is 0 Å². The number of benzene rings is 1. The summed E-state index contributed by atoms with van der Waals surface area (Å²) in [6.07, 6.45) is 0. The van der Waals surface area contributed by atoms with E-state index in [4.69, 9.17) is 5.11 Å². The number of hydrogen-bond donors (Lipinski definition) is 1. The first-order valence-corrected chi connectivity index (χ1v) is 7.94. The Morgan fingerprint density at radius 3 is 2.47 bits per heavy atom. The maximum atomic E-state index is 12.5. The minimum absolute atomic E-state index is 0.146. The van der Waals surface area contributed by atoms with Crippen LogP contribution in [0.5, 0.6) is 0 Å². The lowest BCUT2D eigenvalue weighted by atomic mass is 10.2. The second-order valence-electron chi connectivity index (χ2n) is 4.64. The van der Waals surface area contributed by atoms with Gasteiger partial charge in [-0.25, -0.2) is 8.42 Å². The number of aliphatic hydroxyl groups excluding tert-OH is 1. The molecular weight excluding hydrogens is 264 g/mol. The molecule has 1 aromatic carbocycles. The molecule has 0 aromatic heterocycles. The number of hydrogen-bond acceptors (Lipinski definition) is 4. The fourth-order valence-electron chi connectivity index (χ4n) is 2.24. The average molecular weight is 284 g/mol. The fraction of sp³-hybridized carbons (Fsp3) is 0.538. The molecule has 0 amide bonds. The van der Waals surface area contributed by atoms with Crippen molar-refractivity contribution in [3.8, 4) is 0 Å². The molecule has 1 saturated heterocycles. The highest BCUT2D eigenvalue weighted by Gasteiger charge is 2.27. The third-order valence-electron chi connectivity index (χ3n) is 3.50. The highest BCUT2D eigenvalue weighted by atomic mass is 32.2. The standard InChI is InChI=1S/C13H20N2O3S/c1-2-14-6-8-15(9-7-14)19(17,18)13-5-3-4-12(10-13)11-16/h3-5,10,16H,2,6-9,11H2,1H3. The molecule has 0 radical (unpaired) electrons. The van der Waals surface area contributed by atoms with Gasteiger partial charge in [-0.3, -0.25) is 0 Å². The molecule has 1 aliphatic rings. The molecule has 1 aromatic rings. The van der Waals surface area contributed by atoms with Crippen LogP contribution in [0.4, 0.5) is 0 Å². The van der Waals surface area contributed by atoms with E-state index < -0.39 is 10.0 Å². The van der Waals surface area contributed by atoms with Gasteiger partial charge in [-0.1, -0.05) is 19.1 Å². The highest BCUT2D eigenvalue weighted by molar-refractivity contribution is 7.89. The summed E-state index contributed by atoms with van der Waals surface area (Å²) in [6, 6.07) is 6.51. The number of rotatable bonds is 4.